The molecule has 0 aromatic carbocycles. The standard InChI is InChI=1S/C24H38N2O4/c1-22(2)13-24(4)16-7-9-23(3)15(5-6-19(23)27)14(16)11-18(26-29)17(24)12-20(22)30-21(28)8-10-25/h14-17,20,29H,5-13,25H2,1-4H3/b26-18+/t14-,15-,16-,17-,20+,23-,24+/m0/s1. The maximum absolute atomic E-state index is 12.7. The van der Waals surface area contributed by atoms with Gasteiger partial charge in [0.2, 0.25) is 0 Å². The minimum atomic E-state index is -0.242. The number of hydrogen-bond acceptors (Lipinski definition) is 6. The maximum atomic E-state index is 12.7. The largest absolute Gasteiger partial charge is 0.462 e. The van der Waals surface area contributed by atoms with Crippen molar-refractivity contribution in [2.45, 2.75) is 85.2 Å². The van der Waals surface area contributed by atoms with Crippen LogP contribution in [0, 0.1) is 39.9 Å². The van der Waals surface area contributed by atoms with Gasteiger partial charge in [0.15, 0.2) is 0 Å². The molecule has 3 N–H and O–H groups in total. The maximum Gasteiger partial charge on any atom is 0.307 e. The SMILES string of the molecule is CC1(C)C[C@@]2(C)[C@@H](C[C@H]1OC(=O)CCN)/C(=N/O)C[C@@H]1[C@@H]2CC[C@]2(C)C(=O)CC[C@@H]12. The van der Waals surface area contributed by atoms with E-state index in [4.69, 9.17) is 10.5 Å². The second kappa shape index (κ2) is 7.32. The van der Waals surface area contributed by atoms with Crippen molar-refractivity contribution in [1.29, 1.82) is 0 Å². The Morgan fingerprint density at radius 3 is 2.63 bits per heavy atom. The van der Waals surface area contributed by atoms with Crippen LogP contribution in [0.4, 0.5) is 0 Å². The molecule has 0 heterocycles. The molecule has 0 unspecified atom stereocenters. The first-order valence-electron chi connectivity index (χ1n) is 11.7. The van der Waals surface area contributed by atoms with Crippen LogP contribution in [0.25, 0.3) is 0 Å². The summed E-state index contributed by atoms with van der Waals surface area (Å²) in [7, 11) is 0. The summed E-state index contributed by atoms with van der Waals surface area (Å²) in [4.78, 5) is 24.9. The molecule has 0 aromatic heterocycles. The van der Waals surface area contributed by atoms with Crippen molar-refractivity contribution in [2.24, 2.45) is 50.8 Å². The second-order valence-corrected chi connectivity index (χ2v) is 11.6. The molecule has 168 valence electrons. The van der Waals surface area contributed by atoms with Crippen molar-refractivity contribution in [1.82, 2.24) is 0 Å². The van der Waals surface area contributed by atoms with Gasteiger partial charge in [-0.25, -0.2) is 0 Å². The van der Waals surface area contributed by atoms with Gasteiger partial charge in [-0.2, -0.15) is 0 Å². The number of Topliss-reactive ketones (excluding diaryl/α,β-unsaturated/α-hetero) is 1. The quantitative estimate of drug-likeness (QED) is 0.411. The van der Waals surface area contributed by atoms with Crippen molar-refractivity contribution >= 4 is 17.5 Å². The van der Waals surface area contributed by atoms with Crippen molar-refractivity contribution < 1.29 is 19.5 Å². The Kier molecular flexibility index (Phi) is 5.32. The van der Waals surface area contributed by atoms with Gasteiger partial charge in [-0.05, 0) is 61.7 Å². The number of nitrogens with zero attached hydrogens (tertiary/aromatic N) is 1. The van der Waals surface area contributed by atoms with E-state index in [0.29, 0.717) is 42.9 Å². The number of ether oxygens (including phenoxy) is 1. The highest BCUT2D eigenvalue weighted by molar-refractivity contribution is 5.90. The average Bonchev–Trinajstić information content (AvgIpc) is 2.97. The monoisotopic (exact) mass is 418 g/mol. The van der Waals surface area contributed by atoms with Crippen LogP contribution in [0.15, 0.2) is 5.16 Å². The van der Waals surface area contributed by atoms with Crippen LogP contribution < -0.4 is 5.73 Å². The molecule has 0 radical (unpaired) electrons. The Balaban J connectivity index is 1.65. The number of fused-ring (bicyclic) bond motifs is 5. The van der Waals surface area contributed by atoms with E-state index in [-0.39, 0.29) is 40.7 Å². The minimum Gasteiger partial charge on any atom is -0.462 e. The highest BCUT2D eigenvalue weighted by Crippen LogP contribution is 2.66. The molecule has 0 spiro atoms. The molecule has 0 amide bonds. The fourth-order valence-electron chi connectivity index (χ4n) is 8.13. The van der Waals surface area contributed by atoms with E-state index in [1.807, 2.05) is 0 Å². The molecule has 4 fully saturated rings. The van der Waals surface area contributed by atoms with E-state index in [0.717, 1.165) is 37.8 Å². The summed E-state index contributed by atoms with van der Waals surface area (Å²) in [5.41, 5.74) is 6.00. The third kappa shape index (κ3) is 3.12. The fourth-order valence-corrected chi connectivity index (χ4v) is 8.13. The molecular weight excluding hydrogens is 380 g/mol. The fraction of sp³-hybridized carbons (Fsp3) is 0.875. The van der Waals surface area contributed by atoms with Crippen LogP contribution in [0.3, 0.4) is 0 Å². The zero-order valence-electron chi connectivity index (χ0n) is 18.9. The number of carbonyl (C=O) groups is 2. The first kappa shape index (κ1) is 21.8. The average molecular weight is 419 g/mol. The number of ketones is 1. The lowest BCUT2D eigenvalue weighted by Gasteiger charge is -2.62. The van der Waals surface area contributed by atoms with E-state index in [1.54, 1.807) is 0 Å². The van der Waals surface area contributed by atoms with Gasteiger partial charge in [0.1, 0.15) is 11.9 Å². The van der Waals surface area contributed by atoms with E-state index < -0.39 is 0 Å². The molecule has 0 bridgehead atoms. The third-order valence-electron chi connectivity index (χ3n) is 9.54. The summed E-state index contributed by atoms with van der Waals surface area (Å²) >= 11 is 0. The number of oxime groups is 1. The van der Waals surface area contributed by atoms with Gasteiger partial charge < -0.3 is 15.7 Å². The summed E-state index contributed by atoms with van der Waals surface area (Å²) in [6, 6.07) is 0. The summed E-state index contributed by atoms with van der Waals surface area (Å²) in [5.74, 6) is 1.59. The second-order valence-electron chi connectivity index (χ2n) is 11.6. The summed E-state index contributed by atoms with van der Waals surface area (Å²) < 4.78 is 5.87. The normalized spacial score (nSPS) is 46.1. The Bertz CT molecular complexity index is 762. The van der Waals surface area contributed by atoms with Gasteiger partial charge in [-0.15, -0.1) is 0 Å². The molecule has 0 aliphatic heterocycles. The van der Waals surface area contributed by atoms with Crippen molar-refractivity contribution in [3.05, 3.63) is 0 Å². The lowest BCUT2D eigenvalue weighted by Crippen LogP contribution is -2.60. The van der Waals surface area contributed by atoms with Crippen LogP contribution in [0.5, 0.6) is 0 Å². The Labute approximate surface area is 180 Å². The highest BCUT2D eigenvalue weighted by atomic mass is 16.5. The van der Waals surface area contributed by atoms with Gasteiger partial charge in [0, 0.05) is 29.7 Å². The summed E-state index contributed by atoms with van der Waals surface area (Å²) in [6.45, 7) is 9.21. The van der Waals surface area contributed by atoms with Crippen LogP contribution in [-0.4, -0.2) is 35.3 Å². The van der Waals surface area contributed by atoms with Gasteiger partial charge >= 0.3 is 5.97 Å². The molecule has 0 saturated heterocycles. The molecule has 30 heavy (non-hydrogen) atoms. The topological polar surface area (TPSA) is 102 Å². The van der Waals surface area contributed by atoms with Gasteiger partial charge in [0.25, 0.3) is 0 Å². The zero-order valence-corrected chi connectivity index (χ0v) is 18.9. The summed E-state index contributed by atoms with van der Waals surface area (Å²) in [6.07, 6.45) is 6.10. The molecule has 4 aliphatic rings. The van der Waals surface area contributed by atoms with Gasteiger partial charge in [-0.3, -0.25) is 9.59 Å². The Morgan fingerprint density at radius 2 is 1.97 bits per heavy atom. The molecule has 7 atom stereocenters. The predicted octanol–water partition coefficient (Wildman–Crippen LogP) is 3.94. The zero-order chi connectivity index (χ0) is 21.9. The number of rotatable bonds is 3. The van der Waals surface area contributed by atoms with E-state index in [1.165, 1.54) is 0 Å². The minimum absolute atomic E-state index is 0.0161. The smallest absolute Gasteiger partial charge is 0.307 e. The summed E-state index contributed by atoms with van der Waals surface area (Å²) in [5, 5.41) is 13.8. The number of hydrogen-bond donors (Lipinski definition) is 2. The van der Waals surface area contributed by atoms with Gasteiger partial charge in [0.05, 0.1) is 12.1 Å². The van der Waals surface area contributed by atoms with Crippen LogP contribution in [-0.2, 0) is 14.3 Å². The Morgan fingerprint density at radius 1 is 1.23 bits per heavy atom. The lowest BCUT2D eigenvalue weighted by atomic mass is 9.42. The van der Waals surface area contributed by atoms with Crippen LogP contribution in [0.1, 0.15) is 79.1 Å². The molecule has 4 rings (SSSR count). The van der Waals surface area contributed by atoms with Gasteiger partial charge in [-0.1, -0.05) is 32.9 Å². The number of esters is 1. The number of nitrogens with two attached hydrogens (primary N) is 1. The predicted molar refractivity (Wildman–Crippen MR) is 114 cm³/mol. The van der Waals surface area contributed by atoms with Crippen LogP contribution >= 0.6 is 0 Å². The molecule has 6 nitrogen and oxygen atoms in total. The molecular formula is C24H38N2O4. The highest BCUT2D eigenvalue weighted by Gasteiger charge is 2.64. The van der Waals surface area contributed by atoms with Crippen LogP contribution in [0.2, 0.25) is 0 Å². The molecule has 4 aliphatic carbocycles. The van der Waals surface area contributed by atoms with Crippen molar-refractivity contribution in [3.63, 3.8) is 0 Å². The molecule has 0 aromatic rings. The van der Waals surface area contributed by atoms with E-state index in [9.17, 15) is 14.8 Å². The first-order valence-corrected chi connectivity index (χ1v) is 11.7. The third-order valence-corrected chi connectivity index (χ3v) is 9.54. The lowest BCUT2D eigenvalue weighted by molar-refractivity contribution is -0.172. The molecule has 6 heteroatoms. The van der Waals surface area contributed by atoms with E-state index >= 15 is 0 Å². The van der Waals surface area contributed by atoms with Crippen molar-refractivity contribution in [2.75, 3.05) is 6.54 Å². The Hall–Kier alpha value is -1.43. The molecule has 4 saturated carbocycles. The van der Waals surface area contributed by atoms with Crippen molar-refractivity contribution in [3.8, 4) is 0 Å². The van der Waals surface area contributed by atoms with E-state index in [2.05, 4.69) is 32.9 Å². The number of carbonyl (C=O) groups excluding carboxylic acids is 2. The first-order chi connectivity index (χ1) is 14.1.